The van der Waals surface area contributed by atoms with Crippen LogP contribution in [0.2, 0.25) is 0 Å². The maximum atomic E-state index is 13.7. The summed E-state index contributed by atoms with van der Waals surface area (Å²) in [7, 11) is 0. The van der Waals surface area contributed by atoms with Crippen LogP contribution in [0, 0.1) is 11.7 Å². The largest absolute Gasteiger partial charge is 0.393 e. The second kappa shape index (κ2) is 7.88. The highest BCUT2D eigenvalue weighted by Gasteiger charge is 2.11. The van der Waals surface area contributed by atoms with E-state index in [4.69, 9.17) is 0 Å². The van der Waals surface area contributed by atoms with Crippen LogP contribution in [0.25, 0.3) is 0 Å². The van der Waals surface area contributed by atoms with E-state index in [1.54, 1.807) is 13.0 Å². The van der Waals surface area contributed by atoms with Gasteiger partial charge in [-0.05, 0) is 56.7 Å². The number of rotatable bonds is 7. The van der Waals surface area contributed by atoms with E-state index in [0.717, 1.165) is 18.5 Å². The maximum Gasteiger partial charge on any atom is 0.137 e. The summed E-state index contributed by atoms with van der Waals surface area (Å²) < 4.78 is 13.7. The lowest BCUT2D eigenvalue weighted by molar-refractivity contribution is 0.162. The van der Waals surface area contributed by atoms with Crippen LogP contribution < -0.4 is 5.32 Å². The summed E-state index contributed by atoms with van der Waals surface area (Å²) in [5.41, 5.74) is 0.958. The van der Waals surface area contributed by atoms with Gasteiger partial charge in [0.05, 0.1) is 6.10 Å². The molecule has 0 saturated heterocycles. The molecular weight excluding hydrogens is 261 g/mol. The SMILES string of the molecule is CSc1ccc(C(C)NCC(C)CC(C)O)cc1F. The van der Waals surface area contributed by atoms with Crippen molar-refractivity contribution in [3.63, 3.8) is 0 Å². The standard InChI is InChI=1S/C15H24FNOS/c1-10(7-11(2)18)9-17-12(3)13-5-6-15(19-4)14(16)8-13/h5-6,8,10-12,17-18H,7,9H2,1-4H3. The Kier molecular flexibility index (Phi) is 6.83. The Morgan fingerprint density at radius 3 is 2.53 bits per heavy atom. The molecule has 0 amide bonds. The van der Waals surface area contributed by atoms with E-state index in [1.807, 2.05) is 25.3 Å². The van der Waals surface area contributed by atoms with E-state index >= 15 is 0 Å². The molecule has 0 aromatic heterocycles. The lowest BCUT2D eigenvalue weighted by Crippen LogP contribution is -2.26. The summed E-state index contributed by atoms with van der Waals surface area (Å²) in [5.74, 6) is 0.244. The predicted octanol–water partition coefficient (Wildman–Crippen LogP) is 3.61. The van der Waals surface area contributed by atoms with Gasteiger partial charge in [0.2, 0.25) is 0 Å². The van der Waals surface area contributed by atoms with E-state index in [2.05, 4.69) is 12.2 Å². The second-order valence-electron chi connectivity index (χ2n) is 5.21. The number of thioether (sulfide) groups is 1. The van der Waals surface area contributed by atoms with Crippen molar-refractivity contribution in [3.8, 4) is 0 Å². The van der Waals surface area contributed by atoms with Gasteiger partial charge in [-0.15, -0.1) is 11.8 Å². The Balaban J connectivity index is 2.53. The molecule has 0 spiro atoms. The predicted molar refractivity (Wildman–Crippen MR) is 80.1 cm³/mol. The van der Waals surface area contributed by atoms with Crippen molar-refractivity contribution < 1.29 is 9.50 Å². The molecule has 2 nitrogen and oxygen atoms in total. The summed E-state index contributed by atoms with van der Waals surface area (Å²) in [5, 5.41) is 12.7. The Morgan fingerprint density at radius 1 is 1.32 bits per heavy atom. The van der Waals surface area contributed by atoms with Crippen LogP contribution in [-0.4, -0.2) is 24.0 Å². The first-order chi connectivity index (χ1) is 8.93. The molecule has 1 rings (SSSR count). The van der Waals surface area contributed by atoms with Crippen molar-refractivity contribution in [1.82, 2.24) is 5.32 Å². The van der Waals surface area contributed by atoms with Gasteiger partial charge < -0.3 is 10.4 Å². The molecule has 2 N–H and O–H groups in total. The smallest absolute Gasteiger partial charge is 0.137 e. The highest BCUT2D eigenvalue weighted by molar-refractivity contribution is 7.98. The molecule has 0 heterocycles. The van der Waals surface area contributed by atoms with Gasteiger partial charge in [-0.25, -0.2) is 4.39 Å². The molecular formula is C15H24FNOS. The summed E-state index contributed by atoms with van der Waals surface area (Å²) >= 11 is 1.42. The molecule has 3 unspecified atom stereocenters. The Labute approximate surface area is 119 Å². The van der Waals surface area contributed by atoms with E-state index < -0.39 is 0 Å². The monoisotopic (exact) mass is 285 g/mol. The molecule has 0 saturated carbocycles. The van der Waals surface area contributed by atoms with Gasteiger partial charge in [0.1, 0.15) is 5.82 Å². The molecule has 0 aliphatic heterocycles. The molecule has 108 valence electrons. The highest BCUT2D eigenvalue weighted by Crippen LogP contribution is 2.23. The van der Waals surface area contributed by atoms with Crippen molar-refractivity contribution in [3.05, 3.63) is 29.6 Å². The van der Waals surface area contributed by atoms with Crippen molar-refractivity contribution in [2.75, 3.05) is 12.8 Å². The molecule has 0 bridgehead atoms. The fraction of sp³-hybridized carbons (Fsp3) is 0.600. The summed E-state index contributed by atoms with van der Waals surface area (Å²) in [6.07, 6.45) is 2.38. The lowest BCUT2D eigenvalue weighted by Gasteiger charge is -2.19. The first kappa shape index (κ1) is 16.5. The van der Waals surface area contributed by atoms with Crippen LogP contribution in [0.4, 0.5) is 4.39 Å². The molecule has 1 aromatic rings. The van der Waals surface area contributed by atoms with Crippen molar-refractivity contribution >= 4 is 11.8 Å². The summed E-state index contributed by atoms with van der Waals surface area (Å²) in [6.45, 7) is 6.75. The number of nitrogens with one attached hydrogen (secondary N) is 1. The van der Waals surface area contributed by atoms with Crippen molar-refractivity contribution in [2.45, 2.75) is 44.2 Å². The molecule has 19 heavy (non-hydrogen) atoms. The highest BCUT2D eigenvalue weighted by atomic mass is 32.2. The zero-order valence-corrected chi connectivity index (χ0v) is 12.9. The minimum Gasteiger partial charge on any atom is -0.393 e. The average Bonchev–Trinajstić information content (AvgIpc) is 2.35. The maximum absolute atomic E-state index is 13.7. The third-order valence-electron chi connectivity index (χ3n) is 3.19. The van der Waals surface area contributed by atoms with Gasteiger partial charge in [-0.2, -0.15) is 0 Å². The number of halogens is 1. The number of aliphatic hydroxyl groups excluding tert-OH is 1. The number of hydrogen-bond donors (Lipinski definition) is 2. The van der Waals surface area contributed by atoms with Crippen molar-refractivity contribution in [1.29, 1.82) is 0 Å². The normalized spacial score (nSPS) is 16.1. The van der Waals surface area contributed by atoms with Gasteiger partial charge in [0, 0.05) is 10.9 Å². The van der Waals surface area contributed by atoms with Gasteiger partial charge in [-0.1, -0.05) is 13.0 Å². The topological polar surface area (TPSA) is 32.3 Å². The summed E-state index contributed by atoms with van der Waals surface area (Å²) in [6, 6.07) is 5.50. The van der Waals surface area contributed by atoms with Crippen LogP contribution in [0.3, 0.4) is 0 Å². The van der Waals surface area contributed by atoms with Gasteiger partial charge in [0.15, 0.2) is 0 Å². The molecule has 0 radical (unpaired) electrons. The molecule has 0 fully saturated rings. The van der Waals surface area contributed by atoms with E-state index in [9.17, 15) is 9.50 Å². The quantitative estimate of drug-likeness (QED) is 0.751. The van der Waals surface area contributed by atoms with E-state index in [0.29, 0.717) is 10.8 Å². The third-order valence-corrected chi connectivity index (χ3v) is 3.96. The van der Waals surface area contributed by atoms with Crippen LogP contribution in [-0.2, 0) is 0 Å². The molecule has 0 aliphatic rings. The number of aliphatic hydroxyl groups is 1. The Morgan fingerprint density at radius 2 is 2.00 bits per heavy atom. The zero-order valence-electron chi connectivity index (χ0n) is 12.1. The van der Waals surface area contributed by atoms with Crippen LogP contribution in [0.1, 0.15) is 38.8 Å². The lowest BCUT2D eigenvalue weighted by atomic mass is 10.0. The number of benzene rings is 1. The number of hydrogen-bond acceptors (Lipinski definition) is 3. The van der Waals surface area contributed by atoms with Crippen LogP contribution in [0.5, 0.6) is 0 Å². The minimum absolute atomic E-state index is 0.113. The van der Waals surface area contributed by atoms with E-state index in [-0.39, 0.29) is 18.0 Å². The molecule has 4 heteroatoms. The van der Waals surface area contributed by atoms with Gasteiger partial charge in [0.25, 0.3) is 0 Å². The molecule has 0 aliphatic carbocycles. The first-order valence-corrected chi connectivity index (χ1v) is 7.91. The van der Waals surface area contributed by atoms with Gasteiger partial charge in [-0.3, -0.25) is 0 Å². The van der Waals surface area contributed by atoms with Crippen LogP contribution >= 0.6 is 11.8 Å². The Bertz CT molecular complexity index is 398. The van der Waals surface area contributed by atoms with Crippen LogP contribution in [0.15, 0.2) is 23.1 Å². The first-order valence-electron chi connectivity index (χ1n) is 6.69. The van der Waals surface area contributed by atoms with Crippen molar-refractivity contribution in [2.24, 2.45) is 5.92 Å². The molecule has 1 aromatic carbocycles. The summed E-state index contributed by atoms with van der Waals surface area (Å²) in [4.78, 5) is 0.679. The third kappa shape index (κ3) is 5.51. The zero-order chi connectivity index (χ0) is 14.4. The molecule has 3 atom stereocenters. The van der Waals surface area contributed by atoms with Gasteiger partial charge >= 0.3 is 0 Å². The average molecular weight is 285 g/mol. The minimum atomic E-state index is -0.273. The van der Waals surface area contributed by atoms with E-state index in [1.165, 1.54) is 11.8 Å². The Hall–Kier alpha value is -0.580. The second-order valence-corrected chi connectivity index (χ2v) is 6.06. The fourth-order valence-electron chi connectivity index (χ4n) is 2.11. The fourth-order valence-corrected chi connectivity index (χ4v) is 2.57.